The summed E-state index contributed by atoms with van der Waals surface area (Å²) in [6.45, 7) is 7.29. The van der Waals surface area contributed by atoms with Crippen LogP contribution in [-0.2, 0) is 0 Å². The summed E-state index contributed by atoms with van der Waals surface area (Å²) >= 11 is 0. The lowest BCUT2D eigenvalue weighted by molar-refractivity contribution is 0.245. The molecule has 0 aliphatic heterocycles. The summed E-state index contributed by atoms with van der Waals surface area (Å²) in [7, 11) is 2.25. The third kappa shape index (κ3) is 6.66. The zero-order valence-corrected chi connectivity index (χ0v) is 14.1. The van der Waals surface area contributed by atoms with E-state index in [-0.39, 0.29) is 5.41 Å². The Kier molecular flexibility index (Phi) is 8.04. The molecule has 5 nitrogen and oxygen atoms in total. The van der Waals surface area contributed by atoms with Crippen LogP contribution in [0.3, 0.4) is 0 Å². The van der Waals surface area contributed by atoms with Crippen molar-refractivity contribution in [1.29, 1.82) is 0 Å². The van der Waals surface area contributed by atoms with Crippen molar-refractivity contribution in [2.24, 2.45) is 16.3 Å². The summed E-state index contributed by atoms with van der Waals surface area (Å²) in [4.78, 5) is 2.50. The third-order valence-electron chi connectivity index (χ3n) is 4.80. The Balaban J connectivity index is 1.99. The van der Waals surface area contributed by atoms with Crippen molar-refractivity contribution in [2.75, 3.05) is 26.7 Å². The molecule has 0 aromatic carbocycles. The van der Waals surface area contributed by atoms with Crippen LogP contribution in [0.5, 0.6) is 0 Å². The molecule has 0 bridgehead atoms. The largest absolute Gasteiger partial charge is 0.409 e. The van der Waals surface area contributed by atoms with E-state index >= 15 is 0 Å². The molecule has 0 atom stereocenters. The molecular formula is C16H34N4O. The third-order valence-corrected chi connectivity index (χ3v) is 4.80. The fourth-order valence-corrected chi connectivity index (χ4v) is 2.99. The van der Waals surface area contributed by atoms with Gasteiger partial charge in [-0.3, -0.25) is 0 Å². The van der Waals surface area contributed by atoms with Gasteiger partial charge in [0.2, 0.25) is 0 Å². The molecule has 0 heterocycles. The van der Waals surface area contributed by atoms with Crippen LogP contribution in [0.4, 0.5) is 0 Å². The highest BCUT2D eigenvalue weighted by atomic mass is 16.4. The molecule has 1 saturated carbocycles. The zero-order chi connectivity index (χ0) is 15.7. The topological polar surface area (TPSA) is 73.9 Å². The normalized spacial score (nSPS) is 17.8. The fraction of sp³-hybridized carbons (Fsp3) is 0.938. The predicted molar refractivity (Wildman–Crippen MR) is 88.8 cm³/mol. The Hall–Kier alpha value is -0.810. The van der Waals surface area contributed by atoms with Crippen molar-refractivity contribution in [3.8, 4) is 0 Å². The number of unbranched alkanes of at least 4 members (excludes halogenated alkanes) is 1. The van der Waals surface area contributed by atoms with E-state index in [1.54, 1.807) is 0 Å². The van der Waals surface area contributed by atoms with Crippen LogP contribution in [-0.4, -0.2) is 48.7 Å². The van der Waals surface area contributed by atoms with Crippen molar-refractivity contribution in [3.63, 3.8) is 0 Å². The molecule has 1 fully saturated rings. The second-order valence-corrected chi connectivity index (χ2v) is 7.00. The molecule has 0 radical (unpaired) electrons. The van der Waals surface area contributed by atoms with Crippen LogP contribution in [0.25, 0.3) is 0 Å². The minimum absolute atomic E-state index is 0.211. The van der Waals surface area contributed by atoms with Gasteiger partial charge in [-0.25, -0.2) is 0 Å². The molecule has 0 aromatic rings. The minimum atomic E-state index is -0.211. The maximum atomic E-state index is 8.73. The van der Waals surface area contributed by atoms with E-state index in [1.165, 1.54) is 25.7 Å². The van der Waals surface area contributed by atoms with Gasteiger partial charge in [0.25, 0.3) is 0 Å². The molecule has 0 amide bonds. The smallest absolute Gasteiger partial charge is 0.144 e. The average Bonchev–Trinajstić information content (AvgIpc) is 2.99. The van der Waals surface area contributed by atoms with Gasteiger partial charge in [-0.05, 0) is 39.3 Å². The molecule has 4 N–H and O–H groups in total. The first-order valence-electron chi connectivity index (χ1n) is 8.36. The standard InChI is InChI=1S/C16H34N4O/c1-16(2,15(17)19-21)10-6-7-11-18-12-13-20(3)14-8-4-5-9-14/h14,18,21H,4-13H2,1-3H3,(H2,17,19). The highest BCUT2D eigenvalue weighted by molar-refractivity contribution is 5.85. The second kappa shape index (κ2) is 9.26. The minimum Gasteiger partial charge on any atom is -0.409 e. The number of nitrogens with one attached hydrogen (secondary N) is 1. The molecule has 5 heteroatoms. The van der Waals surface area contributed by atoms with Crippen LogP contribution in [0.15, 0.2) is 5.16 Å². The fourth-order valence-electron chi connectivity index (χ4n) is 2.99. The summed E-state index contributed by atoms with van der Waals surface area (Å²) in [5.74, 6) is 0.327. The van der Waals surface area contributed by atoms with Gasteiger partial charge in [0.05, 0.1) is 0 Å². The van der Waals surface area contributed by atoms with Gasteiger partial charge in [-0.15, -0.1) is 0 Å². The first-order chi connectivity index (χ1) is 9.97. The summed E-state index contributed by atoms with van der Waals surface area (Å²) in [6, 6.07) is 0.813. The maximum absolute atomic E-state index is 8.73. The van der Waals surface area contributed by atoms with E-state index in [9.17, 15) is 0 Å². The number of rotatable bonds is 10. The lowest BCUT2D eigenvalue weighted by Crippen LogP contribution is -2.35. The zero-order valence-electron chi connectivity index (χ0n) is 14.1. The molecule has 0 aromatic heterocycles. The Bertz CT molecular complexity index is 311. The Morgan fingerprint density at radius 1 is 1.29 bits per heavy atom. The van der Waals surface area contributed by atoms with Crippen LogP contribution in [0.2, 0.25) is 0 Å². The van der Waals surface area contributed by atoms with Gasteiger partial charge in [-0.2, -0.15) is 0 Å². The first kappa shape index (κ1) is 18.2. The Labute approximate surface area is 130 Å². The van der Waals surface area contributed by atoms with Crippen LogP contribution in [0, 0.1) is 5.41 Å². The van der Waals surface area contributed by atoms with Crippen LogP contribution in [0.1, 0.15) is 58.8 Å². The molecule has 124 valence electrons. The predicted octanol–water partition coefficient (Wildman–Crippen LogP) is 2.39. The van der Waals surface area contributed by atoms with Gasteiger partial charge in [0, 0.05) is 24.5 Å². The van der Waals surface area contributed by atoms with Crippen molar-refractivity contribution in [3.05, 3.63) is 0 Å². The Morgan fingerprint density at radius 3 is 2.57 bits per heavy atom. The van der Waals surface area contributed by atoms with Crippen molar-refractivity contribution < 1.29 is 5.21 Å². The lowest BCUT2D eigenvalue weighted by atomic mass is 9.86. The van der Waals surface area contributed by atoms with Gasteiger partial charge in [-0.1, -0.05) is 38.3 Å². The second-order valence-electron chi connectivity index (χ2n) is 7.00. The number of nitrogens with two attached hydrogens (primary N) is 1. The van der Waals surface area contributed by atoms with E-state index in [0.717, 1.165) is 44.9 Å². The molecule has 0 spiro atoms. The monoisotopic (exact) mass is 298 g/mol. The number of nitrogens with zero attached hydrogens (tertiary/aromatic N) is 2. The van der Waals surface area contributed by atoms with Crippen molar-refractivity contribution >= 4 is 5.84 Å². The van der Waals surface area contributed by atoms with E-state index in [1.807, 2.05) is 13.8 Å². The first-order valence-corrected chi connectivity index (χ1v) is 8.36. The maximum Gasteiger partial charge on any atom is 0.144 e. The molecule has 1 aliphatic rings. The van der Waals surface area contributed by atoms with Crippen LogP contribution >= 0.6 is 0 Å². The molecule has 0 unspecified atom stereocenters. The van der Waals surface area contributed by atoms with Crippen molar-refractivity contribution in [2.45, 2.75) is 64.8 Å². The highest BCUT2D eigenvalue weighted by Gasteiger charge is 2.22. The molecule has 0 saturated heterocycles. The number of likely N-dealkylation sites (N-methyl/N-ethyl adjacent to an activating group) is 1. The summed E-state index contributed by atoms with van der Waals surface area (Å²) in [5.41, 5.74) is 5.47. The van der Waals surface area contributed by atoms with Gasteiger partial charge < -0.3 is 21.2 Å². The van der Waals surface area contributed by atoms with Crippen LogP contribution < -0.4 is 11.1 Å². The quantitative estimate of drug-likeness (QED) is 0.190. The molecule has 1 rings (SSSR count). The average molecular weight is 298 g/mol. The van der Waals surface area contributed by atoms with Gasteiger partial charge >= 0.3 is 0 Å². The van der Waals surface area contributed by atoms with Crippen molar-refractivity contribution in [1.82, 2.24) is 10.2 Å². The van der Waals surface area contributed by atoms with Gasteiger partial charge in [0.1, 0.15) is 5.84 Å². The molecule has 21 heavy (non-hydrogen) atoms. The SMILES string of the molecule is CN(CCNCCCCC(C)(C)C(N)=NO)C1CCCC1. The summed E-state index contributed by atoms with van der Waals surface area (Å²) < 4.78 is 0. The summed E-state index contributed by atoms with van der Waals surface area (Å²) in [5, 5.41) is 15.4. The van der Waals surface area contributed by atoms with Gasteiger partial charge in [0.15, 0.2) is 0 Å². The highest BCUT2D eigenvalue weighted by Crippen LogP contribution is 2.23. The number of hydrogen-bond donors (Lipinski definition) is 3. The lowest BCUT2D eigenvalue weighted by Gasteiger charge is -2.24. The molecule has 1 aliphatic carbocycles. The van der Waals surface area contributed by atoms with E-state index in [0.29, 0.717) is 5.84 Å². The molecular weight excluding hydrogens is 264 g/mol. The number of amidine groups is 1. The summed E-state index contributed by atoms with van der Waals surface area (Å²) in [6.07, 6.45) is 8.73. The van der Waals surface area contributed by atoms with E-state index in [2.05, 4.69) is 22.4 Å². The van der Waals surface area contributed by atoms with E-state index < -0.39 is 0 Å². The number of hydrogen-bond acceptors (Lipinski definition) is 4. The van der Waals surface area contributed by atoms with E-state index in [4.69, 9.17) is 10.9 Å². The number of oxime groups is 1. The Morgan fingerprint density at radius 2 is 1.95 bits per heavy atom.